The van der Waals surface area contributed by atoms with Gasteiger partial charge in [0.15, 0.2) is 5.82 Å². The third-order valence-electron chi connectivity index (χ3n) is 9.19. The van der Waals surface area contributed by atoms with Gasteiger partial charge in [0, 0.05) is 45.3 Å². The lowest BCUT2D eigenvalue weighted by molar-refractivity contribution is 0.0407. The number of aromatic nitrogens is 3. The average molecular weight is 509 g/mol. The number of nitrogens with zero attached hydrogens (tertiary/aromatic N) is 4. The largest absolute Gasteiger partial charge is 0.523 e. The normalized spacial score (nSPS) is 26.4. The molecular weight excluding hydrogens is 475 g/mol. The van der Waals surface area contributed by atoms with Crippen molar-refractivity contribution < 1.29 is 9.50 Å². The summed E-state index contributed by atoms with van der Waals surface area (Å²) in [6.45, 7) is 14.3. The Morgan fingerprint density at radius 1 is 1.13 bits per heavy atom. The zero-order valence-corrected chi connectivity index (χ0v) is 22.3. The minimum atomic E-state index is -0.515. The lowest BCUT2D eigenvalue weighted by Crippen LogP contribution is -2.50. The quantitative estimate of drug-likeness (QED) is 0.355. The van der Waals surface area contributed by atoms with E-state index < -0.39 is 10.8 Å². The first kappa shape index (κ1) is 24.7. The Labute approximate surface area is 223 Å². The molecule has 3 aliphatic rings. The standard InChI is InChI=1S/C32H33FN4O/c1-5-15-31(2)26-13-12-22-27(21-8-6-7-9-23(21)33)36-30(20-14-16-35-24(17-20)19-10-11-19)37-28(22)32(26,3)18-25(34-4)29(31)38/h6-9,14,16-17,19,26,38H,5,10-13,15,18H2,1-3H3/t26-,31-,32-/m1/s1. The number of benzene rings is 1. The molecule has 5 nitrogen and oxygen atoms in total. The van der Waals surface area contributed by atoms with E-state index in [4.69, 9.17) is 16.5 Å². The van der Waals surface area contributed by atoms with E-state index in [-0.39, 0.29) is 17.5 Å². The van der Waals surface area contributed by atoms with Gasteiger partial charge in [-0.15, -0.1) is 0 Å². The maximum absolute atomic E-state index is 15.2. The summed E-state index contributed by atoms with van der Waals surface area (Å²) in [7, 11) is 0. The zero-order chi connectivity index (χ0) is 26.7. The molecule has 0 unspecified atom stereocenters. The summed E-state index contributed by atoms with van der Waals surface area (Å²) in [6.07, 6.45) is 7.73. The SMILES string of the molecule is [C-]#[N+]C1=C(O)[C@](C)(CCC)[C@H]2CCc3c(-c4ccccc4F)nc(-c4ccnc(C5CC5)c4)nc3[C@]2(C)C1. The summed E-state index contributed by atoms with van der Waals surface area (Å²) >= 11 is 0. The lowest BCUT2D eigenvalue weighted by Gasteiger charge is -2.54. The van der Waals surface area contributed by atoms with Gasteiger partial charge in [0.1, 0.15) is 11.6 Å². The van der Waals surface area contributed by atoms with Crippen LogP contribution in [0.15, 0.2) is 54.1 Å². The van der Waals surface area contributed by atoms with Crippen molar-refractivity contribution in [2.45, 2.75) is 77.0 Å². The number of fused-ring (bicyclic) bond motifs is 3. The molecule has 0 aliphatic heterocycles. The van der Waals surface area contributed by atoms with Gasteiger partial charge in [-0.2, -0.15) is 0 Å². The van der Waals surface area contributed by atoms with Gasteiger partial charge < -0.3 is 5.11 Å². The molecule has 38 heavy (non-hydrogen) atoms. The van der Waals surface area contributed by atoms with E-state index in [0.29, 0.717) is 41.5 Å². The first-order chi connectivity index (χ1) is 18.3. The molecule has 1 aromatic carbocycles. The van der Waals surface area contributed by atoms with Crippen molar-refractivity contribution in [3.05, 3.63) is 88.2 Å². The number of rotatable bonds is 5. The highest BCUT2D eigenvalue weighted by Gasteiger charge is 2.56. The summed E-state index contributed by atoms with van der Waals surface area (Å²) in [5.41, 5.74) is 4.29. The summed E-state index contributed by atoms with van der Waals surface area (Å²) in [4.78, 5) is 18.6. The number of hydrogen-bond donors (Lipinski definition) is 1. The molecule has 0 amide bonds. The van der Waals surface area contributed by atoms with E-state index in [1.54, 1.807) is 12.1 Å². The Morgan fingerprint density at radius 2 is 1.92 bits per heavy atom. The molecule has 2 heterocycles. The van der Waals surface area contributed by atoms with Gasteiger partial charge in [-0.05, 0) is 68.7 Å². The molecule has 194 valence electrons. The maximum Gasteiger partial charge on any atom is 0.203 e. The lowest BCUT2D eigenvalue weighted by atomic mass is 9.51. The highest BCUT2D eigenvalue weighted by atomic mass is 19.1. The molecule has 0 saturated heterocycles. The Bertz CT molecular complexity index is 1500. The number of halogens is 1. The van der Waals surface area contributed by atoms with Crippen molar-refractivity contribution in [3.63, 3.8) is 0 Å². The third-order valence-corrected chi connectivity index (χ3v) is 9.19. The summed E-state index contributed by atoms with van der Waals surface area (Å²) < 4.78 is 15.2. The van der Waals surface area contributed by atoms with Gasteiger partial charge in [0.25, 0.3) is 0 Å². The Balaban J connectivity index is 1.61. The third kappa shape index (κ3) is 3.74. The Morgan fingerprint density at radius 3 is 2.63 bits per heavy atom. The number of aliphatic hydroxyl groups excluding tert-OH is 1. The van der Waals surface area contributed by atoms with Crippen LogP contribution >= 0.6 is 0 Å². The second kappa shape index (κ2) is 9.01. The molecule has 0 radical (unpaired) electrons. The van der Waals surface area contributed by atoms with Crippen molar-refractivity contribution in [2.24, 2.45) is 11.3 Å². The summed E-state index contributed by atoms with van der Waals surface area (Å²) in [5.74, 6) is 1.09. The van der Waals surface area contributed by atoms with Crippen LogP contribution in [0, 0.1) is 23.7 Å². The van der Waals surface area contributed by atoms with Crippen LogP contribution in [0.3, 0.4) is 0 Å². The van der Waals surface area contributed by atoms with Crippen LogP contribution in [0.1, 0.15) is 82.2 Å². The molecule has 1 fully saturated rings. The van der Waals surface area contributed by atoms with Gasteiger partial charge in [0.05, 0.1) is 18.0 Å². The number of hydrogen-bond acceptors (Lipinski definition) is 4. The molecule has 3 aromatic rings. The first-order valence-corrected chi connectivity index (χ1v) is 13.7. The molecule has 6 rings (SSSR count). The van der Waals surface area contributed by atoms with E-state index in [1.165, 1.54) is 6.07 Å². The zero-order valence-electron chi connectivity index (χ0n) is 22.3. The minimum absolute atomic E-state index is 0.101. The van der Waals surface area contributed by atoms with E-state index >= 15 is 4.39 Å². The predicted octanol–water partition coefficient (Wildman–Crippen LogP) is 7.94. The van der Waals surface area contributed by atoms with Crippen LogP contribution in [0.4, 0.5) is 4.39 Å². The average Bonchev–Trinajstić information content (AvgIpc) is 3.77. The van der Waals surface area contributed by atoms with Crippen LogP contribution in [0.25, 0.3) is 27.5 Å². The molecule has 2 aromatic heterocycles. The van der Waals surface area contributed by atoms with Gasteiger partial charge in [-0.3, -0.25) is 4.98 Å². The van der Waals surface area contributed by atoms with Crippen LogP contribution < -0.4 is 0 Å². The van der Waals surface area contributed by atoms with Crippen molar-refractivity contribution >= 4 is 0 Å². The molecule has 0 bridgehead atoms. The highest BCUT2D eigenvalue weighted by molar-refractivity contribution is 5.70. The monoisotopic (exact) mass is 508 g/mol. The fraction of sp³-hybridized carbons (Fsp3) is 0.438. The van der Waals surface area contributed by atoms with Gasteiger partial charge in [0.2, 0.25) is 5.70 Å². The number of allylic oxidation sites excluding steroid dienone is 2. The Hall–Kier alpha value is -3.59. The molecule has 1 N–H and O–H groups in total. The van der Waals surface area contributed by atoms with Crippen LogP contribution in [0.5, 0.6) is 0 Å². The highest BCUT2D eigenvalue weighted by Crippen LogP contribution is 2.60. The summed E-state index contributed by atoms with van der Waals surface area (Å²) in [5, 5.41) is 11.3. The smallest absolute Gasteiger partial charge is 0.203 e. The number of pyridine rings is 1. The fourth-order valence-corrected chi connectivity index (χ4v) is 7.22. The van der Waals surface area contributed by atoms with Crippen molar-refractivity contribution in [2.75, 3.05) is 0 Å². The molecule has 6 heteroatoms. The molecule has 0 spiro atoms. The molecule has 3 aliphatic carbocycles. The topological polar surface area (TPSA) is 63.3 Å². The minimum Gasteiger partial charge on any atom is -0.523 e. The van der Waals surface area contributed by atoms with E-state index in [9.17, 15) is 5.11 Å². The second-order valence-electron chi connectivity index (χ2n) is 11.7. The van der Waals surface area contributed by atoms with E-state index in [0.717, 1.165) is 54.6 Å². The van der Waals surface area contributed by atoms with Crippen LogP contribution in [-0.4, -0.2) is 20.1 Å². The number of aliphatic hydroxyl groups is 1. The van der Waals surface area contributed by atoms with Crippen molar-refractivity contribution in [3.8, 4) is 22.6 Å². The van der Waals surface area contributed by atoms with E-state index in [1.807, 2.05) is 18.3 Å². The van der Waals surface area contributed by atoms with Crippen LogP contribution in [0.2, 0.25) is 0 Å². The summed E-state index contributed by atoms with van der Waals surface area (Å²) in [6, 6.07) is 10.8. The van der Waals surface area contributed by atoms with Crippen molar-refractivity contribution in [1.29, 1.82) is 0 Å². The van der Waals surface area contributed by atoms with Gasteiger partial charge in [-0.25, -0.2) is 19.2 Å². The van der Waals surface area contributed by atoms with E-state index in [2.05, 4.69) is 36.7 Å². The van der Waals surface area contributed by atoms with Crippen LogP contribution in [-0.2, 0) is 11.8 Å². The molecule has 1 saturated carbocycles. The predicted molar refractivity (Wildman–Crippen MR) is 146 cm³/mol. The molecule has 3 atom stereocenters. The van der Waals surface area contributed by atoms with Gasteiger partial charge in [-0.1, -0.05) is 39.3 Å². The van der Waals surface area contributed by atoms with Gasteiger partial charge >= 0.3 is 0 Å². The first-order valence-electron chi connectivity index (χ1n) is 13.7. The fourth-order valence-electron chi connectivity index (χ4n) is 7.22. The Kier molecular flexibility index (Phi) is 5.86. The second-order valence-corrected chi connectivity index (χ2v) is 11.7. The molecular formula is C32H33FN4O. The maximum atomic E-state index is 15.2. The van der Waals surface area contributed by atoms with Crippen molar-refractivity contribution in [1.82, 2.24) is 15.0 Å².